The fourth-order valence-electron chi connectivity index (χ4n) is 3.92. The third kappa shape index (κ3) is 3.88. The molecule has 0 aromatic heterocycles. The average molecular weight is 365 g/mol. The summed E-state index contributed by atoms with van der Waals surface area (Å²) in [5, 5.41) is 23.9. The number of β-amino-alcohol motifs (C(OH)–C–C–N with tert-alkyl or cyclic N) is 1. The zero-order valence-electron chi connectivity index (χ0n) is 15.2. The predicted molar refractivity (Wildman–Crippen MR) is 105 cm³/mol. The first-order chi connectivity index (χ1) is 13.0. The summed E-state index contributed by atoms with van der Waals surface area (Å²) in [5.41, 5.74) is 0.754. The second-order valence-corrected chi connectivity index (χ2v) is 7.46. The Balaban J connectivity index is 1.40. The lowest BCUT2D eigenvalue weighted by Gasteiger charge is -2.39. The van der Waals surface area contributed by atoms with E-state index >= 15 is 0 Å². The van der Waals surface area contributed by atoms with Crippen LogP contribution in [0.25, 0.3) is 10.8 Å². The van der Waals surface area contributed by atoms with Crippen molar-refractivity contribution >= 4 is 10.8 Å². The fraction of sp³-hybridized carbons (Fsp3) is 0.304. The summed E-state index contributed by atoms with van der Waals surface area (Å²) in [6, 6.07) is 20.3. The first kappa shape index (κ1) is 18.1. The Morgan fingerprint density at radius 1 is 0.926 bits per heavy atom. The van der Waals surface area contributed by atoms with Crippen LogP contribution in [0, 0.1) is 5.82 Å². The zero-order valence-corrected chi connectivity index (χ0v) is 15.2. The topological polar surface area (TPSA) is 43.7 Å². The van der Waals surface area contributed by atoms with Gasteiger partial charge in [0.05, 0.1) is 11.7 Å². The van der Waals surface area contributed by atoms with Crippen LogP contribution < -0.4 is 0 Å². The molecule has 1 atom stereocenters. The van der Waals surface area contributed by atoms with E-state index in [1.54, 1.807) is 12.1 Å². The second-order valence-electron chi connectivity index (χ2n) is 7.46. The number of rotatable bonds is 4. The fourth-order valence-corrected chi connectivity index (χ4v) is 3.92. The molecule has 0 aliphatic carbocycles. The van der Waals surface area contributed by atoms with Crippen LogP contribution in [0.2, 0.25) is 0 Å². The Bertz CT molecular complexity index is 917. The smallest absolute Gasteiger partial charge is 0.123 e. The van der Waals surface area contributed by atoms with Crippen molar-refractivity contribution in [2.75, 3.05) is 19.6 Å². The third-order valence-electron chi connectivity index (χ3n) is 5.65. The Labute approximate surface area is 158 Å². The molecule has 3 aromatic carbocycles. The van der Waals surface area contributed by atoms with Crippen LogP contribution in [-0.2, 0) is 5.60 Å². The maximum absolute atomic E-state index is 13.1. The minimum Gasteiger partial charge on any atom is -0.387 e. The van der Waals surface area contributed by atoms with Crippen LogP contribution in [0.1, 0.15) is 30.1 Å². The highest BCUT2D eigenvalue weighted by Gasteiger charge is 2.34. The highest BCUT2D eigenvalue weighted by molar-refractivity contribution is 5.83. The van der Waals surface area contributed by atoms with Gasteiger partial charge in [0.1, 0.15) is 5.82 Å². The van der Waals surface area contributed by atoms with Gasteiger partial charge in [-0.1, -0.05) is 48.5 Å². The monoisotopic (exact) mass is 365 g/mol. The van der Waals surface area contributed by atoms with E-state index in [1.807, 2.05) is 30.3 Å². The minimum absolute atomic E-state index is 0.293. The summed E-state index contributed by atoms with van der Waals surface area (Å²) < 4.78 is 13.1. The van der Waals surface area contributed by atoms with Gasteiger partial charge in [0, 0.05) is 19.6 Å². The number of halogens is 1. The summed E-state index contributed by atoms with van der Waals surface area (Å²) >= 11 is 0. The average Bonchev–Trinajstić information content (AvgIpc) is 2.70. The van der Waals surface area contributed by atoms with Crippen LogP contribution in [0.5, 0.6) is 0 Å². The normalized spacial score (nSPS) is 18.5. The molecule has 1 saturated heterocycles. The lowest BCUT2D eigenvalue weighted by Crippen LogP contribution is -2.43. The first-order valence-corrected chi connectivity index (χ1v) is 9.41. The molecule has 4 heteroatoms. The number of benzene rings is 3. The number of hydrogen-bond donors (Lipinski definition) is 2. The number of nitrogens with zero attached hydrogens (tertiary/aromatic N) is 1. The SMILES string of the molecule is OC(CN1CCC(O)(c2ccc(F)cc2)CC1)c1ccc2ccccc2c1. The van der Waals surface area contributed by atoms with Gasteiger partial charge in [-0.15, -0.1) is 0 Å². The van der Waals surface area contributed by atoms with Gasteiger partial charge in [-0.05, 0) is 52.9 Å². The third-order valence-corrected chi connectivity index (χ3v) is 5.65. The number of likely N-dealkylation sites (tertiary alicyclic amines) is 1. The predicted octanol–water partition coefficient (Wildman–Crippen LogP) is 4.00. The van der Waals surface area contributed by atoms with Crippen molar-refractivity contribution in [1.82, 2.24) is 4.90 Å². The molecule has 0 spiro atoms. The van der Waals surface area contributed by atoms with E-state index in [1.165, 1.54) is 12.1 Å². The largest absolute Gasteiger partial charge is 0.387 e. The number of fused-ring (bicyclic) bond motifs is 1. The molecule has 0 bridgehead atoms. The number of piperidine rings is 1. The van der Waals surface area contributed by atoms with Crippen LogP contribution >= 0.6 is 0 Å². The second kappa shape index (κ2) is 7.39. The Morgan fingerprint density at radius 3 is 2.30 bits per heavy atom. The van der Waals surface area contributed by atoms with Gasteiger partial charge in [0.15, 0.2) is 0 Å². The van der Waals surface area contributed by atoms with Crippen molar-refractivity contribution in [2.45, 2.75) is 24.5 Å². The molecule has 1 aliphatic rings. The molecule has 27 heavy (non-hydrogen) atoms. The molecule has 1 unspecified atom stereocenters. The summed E-state index contributed by atoms with van der Waals surface area (Å²) in [4.78, 5) is 2.18. The molecule has 3 aromatic rings. The Hall–Kier alpha value is -2.27. The van der Waals surface area contributed by atoms with Gasteiger partial charge < -0.3 is 15.1 Å². The molecule has 0 radical (unpaired) electrons. The maximum Gasteiger partial charge on any atom is 0.123 e. The van der Waals surface area contributed by atoms with Crippen molar-refractivity contribution in [3.63, 3.8) is 0 Å². The van der Waals surface area contributed by atoms with E-state index in [2.05, 4.69) is 17.0 Å². The first-order valence-electron chi connectivity index (χ1n) is 9.41. The summed E-state index contributed by atoms with van der Waals surface area (Å²) in [6.07, 6.45) is 0.582. The number of aliphatic hydroxyl groups is 2. The van der Waals surface area contributed by atoms with Gasteiger partial charge in [-0.2, -0.15) is 0 Å². The van der Waals surface area contributed by atoms with E-state index in [-0.39, 0.29) is 5.82 Å². The van der Waals surface area contributed by atoms with Gasteiger partial charge in [-0.25, -0.2) is 4.39 Å². The van der Waals surface area contributed by atoms with Gasteiger partial charge in [0.2, 0.25) is 0 Å². The molecule has 4 rings (SSSR count). The zero-order chi connectivity index (χ0) is 18.9. The molecular formula is C23H24FNO2. The Kier molecular flexibility index (Phi) is 4.96. The van der Waals surface area contributed by atoms with Crippen molar-refractivity contribution in [3.05, 3.63) is 83.7 Å². The molecule has 1 fully saturated rings. The minimum atomic E-state index is -0.919. The van der Waals surface area contributed by atoms with Crippen LogP contribution in [0.4, 0.5) is 4.39 Å². The van der Waals surface area contributed by atoms with Crippen molar-refractivity contribution < 1.29 is 14.6 Å². The van der Waals surface area contributed by atoms with Crippen LogP contribution in [0.15, 0.2) is 66.7 Å². The van der Waals surface area contributed by atoms with Crippen LogP contribution in [-0.4, -0.2) is 34.7 Å². The van der Waals surface area contributed by atoms with Gasteiger partial charge >= 0.3 is 0 Å². The van der Waals surface area contributed by atoms with E-state index in [4.69, 9.17) is 0 Å². The Morgan fingerprint density at radius 2 is 1.59 bits per heavy atom. The number of hydrogen-bond acceptors (Lipinski definition) is 3. The van der Waals surface area contributed by atoms with Crippen LogP contribution in [0.3, 0.4) is 0 Å². The molecule has 0 saturated carbocycles. The molecular weight excluding hydrogens is 341 g/mol. The van der Waals surface area contributed by atoms with Crippen molar-refractivity contribution in [3.8, 4) is 0 Å². The maximum atomic E-state index is 13.1. The van der Waals surface area contributed by atoms with E-state index < -0.39 is 11.7 Å². The van der Waals surface area contributed by atoms with E-state index in [0.29, 0.717) is 32.5 Å². The summed E-state index contributed by atoms with van der Waals surface area (Å²) in [6.45, 7) is 1.93. The lowest BCUT2D eigenvalue weighted by atomic mass is 9.84. The molecule has 1 heterocycles. The van der Waals surface area contributed by atoms with Crippen molar-refractivity contribution in [1.29, 1.82) is 0 Å². The highest BCUT2D eigenvalue weighted by Crippen LogP contribution is 2.33. The molecule has 0 amide bonds. The summed E-state index contributed by atoms with van der Waals surface area (Å²) in [5.74, 6) is -0.293. The standard InChI is InChI=1S/C23H24FNO2/c24-21-9-7-20(8-10-21)23(27)11-13-25(14-12-23)16-22(26)19-6-5-17-3-1-2-4-18(17)15-19/h1-10,15,22,26-27H,11-14,16H2. The molecule has 140 valence electrons. The summed E-state index contributed by atoms with van der Waals surface area (Å²) in [7, 11) is 0. The molecule has 1 aliphatic heterocycles. The lowest BCUT2D eigenvalue weighted by molar-refractivity contribution is -0.0345. The number of aliphatic hydroxyl groups excluding tert-OH is 1. The van der Waals surface area contributed by atoms with Gasteiger partial charge in [-0.3, -0.25) is 0 Å². The van der Waals surface area contributed by atoms with Crippen molar-refractivity contribution in [2.24, 2.45) is 0 Å². The van der Waals surface area contributed by atoms with Gasteiger partial charge in [0.25, 0.3) is 0 Å². The molecule has 2 N–H and O–H groups in total. The van der Waals surface area contributed by atoms with E-state index in [9.17, 15) is 14.6 Å². The molecule has 3 nitrogen and oxygen atoms in total. The quantitative estimate of drug-likeness (QED) is 0.735. The van der Waals surface area contributed by atoms with E-state index in [0.717, 1.165) is 21.9 Å². The highest BCUT2D eigenvalue weighted by atomic mass is 19.1.